The number of methoxy groups -OCH3 is 1. The van der Waals surface area contributed by atoms with E-state index in [4.69, 9.17) is 4.74 Å². The van der Waals surface area contributed by atoms with Crippen molar-refractivity contribution in [2.75, 3.05) is 33.8 Å². The van der Waals surface area contributed by atoms with Gasteiger partial charge >= 0.3 is 6.18 Å². The maximum atomic E-state index is 13.8. The number of alkyl halides is 3. The van der Waals surface area contributed by atoms with Crippen LogP contribution in [0.5, 0.6) is 5.75 Å². The van der Waals surface area contributed by atoms with Gasteiger partial charge in [0.1, 0.15) is 5.75 Å². The molecule has 1 aromatic rings. The number of halogens is 3. The predicted octanol–water partition coefficient (Wildman–Crippen LogP) is 2.68. The van der Waals surface area contributed by atoms with Gasteiger partial charge in [-0.05, 0) is 62.2 Å². The Hall–Kier alpha value is -1.80. The number of likely N-dealkylation sites (N-methyl/N-ethyl adjacent to an activating group) is 1. The first-order chi connectivity index (χ1) is 13.1. The Labute approximate surface area is 162 Å². The number of aliphatic hydroxyl groups is 1. The molecular formula is C20H27F3N2O3. The number of rotatable bonds is 5. The van der Waals surface area contributed by atoms with E-state index in [0.29, 0.717) is 0 Å². The summed E-state index contributed by atoms with van der Waals surface area (Å²) in [7, 11) is 2.64. The van der Waals surface area contributed by atoms with Crippen LogP contribution in [-0.2, 0) is 10.4 Å². The molecule has 1 unspecified atom stereocenters. The Balaban J connectivity index is 1.74. The smallest absolute Gasteiger partial charge is 0.430 e. The molecule has 28 heavy (non-hydrogen) atoms. The quantitative estimate of drug-likeness (QED) is 0.798. The van der Waals surface area contributed by atoms with Gasteiger partial charge in [0.25, 0.3) is 11.5 Å². The summed E-state index contributed by atoms with van der Waals surface area (Å²) in [6.07, 6.45) is -1.19. The summed E-state index contributed by atoms with van der Waals surface area (Å²) < 4.78 is 46.4. The maximum absolute atomic E-state index is 13.8. The van der Waals surface area contributed by atoms with E-state index in [1.807, 2.05) is 0 Å². The van der Waals surface area contributed by atoms with Crippen LogP contribution in [0.2, 0.25) is 0 Å². The molecule has 8 heteroatoms. The van der Waals surface area contributed by atoms with Crippen molar-refractivity contribution in [3.63, 3.8) is 0 Å². The van der Waals surface area contributed by atoms with E-state index in [9.17, 15) is 23.1 Å². The SMILES string of the molecule is COc1cccc(C(O)(C(=O)N(C)CC2CC3(CCNCC3)C2)C(F)(F)F)c1. The van der Waals surface area contributed by atoms with Crippen LogP contribution in [0.25, 0.3) is 0 Å². The van der Waals surface area contributed by atoms with Crippen LogP contribution in [0.15, 0.2) is 24.3 Å². The van der Waals surface area contributed by atoms with Crippen molar-refractivity contribution >= 4 is 5.91 Å². The molecule has 2 aliphatic rings. The largest absolute Gasteiger partial charge is 0.497 e. The van der Waals surface area contributed by atoms with Crippen LogP contribution in [0.1, 0.15) is 31.2 Å². The standard InChI is InChI=1S/C20H27F3N2O3/c1-25(13-14-11-18(12-14)6-8-24-9-7-18)17(26)19(27,20(21,22)23)15-4-3-5-16(10-15)28-2/h3-5,10,14,24,27H,6-9,11-13H2,1-2H3. The molecule has 1 aliphatic carbocycles. The molecule has 2 N–H and O–H groups in total. The van der Waals surface area contributed by atoms with Crippen molar-refractivity contribution in [3.8, 4) is 5.75 Å². The Kier molecular flexibility index (Phi) is 5.64. The molecule has 1 saturated heterocycles. The Morgan fingerprint density at radius 2 is 1.96 bits per heavy atom. The number of nitrogens with zero attached hydrogens (tertiary/aromatic N) is 1. The highest BCUT2D eigenvalue weighted by Gasteiger charge is 2.62. The first-order valence-electron chi connectivity index (χ1n) is 9.51. The van der Waals surface area contributed by atoms with Crippen molar-refractivity contribution < 1.29 is 27.8 Å². The fourth-order valence-electron chi connectivity index (χ4n) is 4.66. The zero-order valence-electron chi connectivity index (χ0n) is 16.2. The van der Waals surface area contributed by atoms with Crippen molar-refractivity contribution in [1.82, 2.24) is 10.2 Å². The fraction of sp³-hybridized carbons (Fsp3) is 0.650. The summed E-state index contributed by atoms with van der Waals surface area (Å²) in [6, 6.07) is 4.92. The maximum Gasteiger partial charge on any atom is 0.430 e. The molecule has 2 fully saturated rings. The highest BCUT2D eigenvalue weighted by molar-refractivity contribution is 5.87. The lowest BCUT2D eigenvalue weighted by atomic mass is 9.57. The Bertz CT molecular complexity index is 711. The number of carbonyl (C=O) groups excluding carboxylic acids is 1. The number of hydrogen-bond donors (Lipinski definition) is 2. The number of amides is 1. The van der Waals surface area contributed by atoms with Gasteiger partial charge in [0.2, 0.25) is 0 Å². The predicted molar refractivity (Wildman–Crippen MR) is 97.8 cm³/mol. The van der Waals surface area contributed by atoms with Crippen molar-refractivity contribution in [1.29, 1.82) is 0 Å². The van der Waals surface area contributed by atoms with Crippen molar-refractivity contribution in [3.05, 3.63) is 29.8 Å². The van der Waals surface area contributed by atoms with E-state index >= 15 is 0 Å². The lowest BCUT2D eigenvalue weighted by Crippen LogP contribution is -2.56. The van der Waals surface area contributed by atoms with Crippen molar-refractivity contribution in [2.45, 2.75) is 37.5 Å². The summed E-state index contributed by atoms with van der Waals surface area (Å²) in [5.74, 6) is -1.06. The fourth-order valence-corrected chi connectivity index (χ4v) is 4.66. The first-order valence-corrected chi connectivity index (χ1v) is 9.51. The number of benzene rings is 1. The topological polar surface area (TPSA) is 61.8 Å². The Morgan fingerprint density at radius 1 is 1.32 bits per heavy atom. The average molecular weight is 400 g/mol. The summed E-state index contributed by atoms with van der Waals surface area (Å²) >= 11 is 0. The lowest BCUT2D eigenvalue weighted by Gasteiger charge is -2.51. The number of ether oxygens (including phenoxy) is 1. The third kappa shape index (κ3) is 3.72. The molecule has 1 saturated carbocycles. The lowest BCUT2D eigenvalue weighted by molar-refractivity contribution is -0.261. The highest BCUT2D eigenvalue weighted by atomic mass is 19.4. The van der Waals surface area contributed by atoms with Gasteiger partial charge < -0.3 is 20.1 Å². The van der Waals surface area contributed by atoms with Crippen molar-refractivity contribution in [2.24, 2.45) is 11.3 Å². The zero-order valence-corrected chi connectivity index (χ0v) is 16.2. The molecule has 1 spiro atoms. The third-order valence-corrected chi connectivity index (χ3v) is 6.19. The van der Waals surface area contributed by atoms with Crippen LogP contribution < -0.4 is 10.1 Å². The minimum absolute atomic E-state index is 0.141. The molecule has 0 aromatic heterocycles. The Morgan fingerprint density at radius 3 is 2.54 bits per heavy atom. The van der Waals surface area contributed by atoms with Gasteiger partial charge in [-0.3, -0.25) is 4.79 Å². The molecule has 0 bridgehead atoms. The summed E-state index contributed by atoms with van der Waals surface area (Å²) in [5.41, 5.74) is -3.88. The summed E-state index contributed by atoms with van der Waals surface area (Å²) in [5, 5.41) is 13.9. The second kappa shape index (κ2) is 7.55. The van der Waals surface area contributed by atoms with Gasteiger partial charge in [-0.2, -0.15) is 13.2 Å². The summed E-state index contributed by atoms with van der Waals surface area (Å²) in [4.78, 5) is 13.8. The minimum atomic E-state index is -5.15. The van der Waals surface area contributed by atoms with E-state index in [2.05, 4.69) is 5.32 Å². The number of piperidine rings is 1. The zero-order chi connectivity index (χ0) is 20.6. The van der Waals surface area contributed by atoms with E-state index in [-0.39, 0.29) is 23.6 Å². The number of hydrogen-bond acceptors (Lipinski definition) is 4. The highest BCUT2D eigenvalue weighted by Crippen LogP contribution is 2.52. The molecule has 1 aromatic carbocycles. The van der Waals surface area contributed by atoms with Crippen LogP contribution in [-0.4, -0.2) is 55.9 Å². The number of nitrogens with one attached hydrogen (secondary N) is 1. The van der Waals surface area contributed by atoms with Crippen LogP contribution in [0.4, 0.5) is 13.2 Å². The van der Waals surface area contributed by atoms with Gasteiger partial charge in [-0.1, -0.05) is 12.1 Å². The summed E-state index contributed by atoms with van der Waals surface area (Å²) in [6.45, 7) is 2.13. The molecule has 0 radical (unpaired) electrons. The van der Waals surface area contributed by atoms with E-state index in [0.717, 1.165) is 55.8 Å². The molecule has 1 atom stereocenters. The van der Waals surface area contributed by atoms with E-state index < -0.39 is 23.2 Å². The molecule has 3 rings (SSSR count). The normalized spacial score (nSPS) is 21.6. The molecule has 5 nitrogen and oxygen atoms in total. The van der Waals surface area contributed by atoms with Gasteiger partial charge in [0, 0.05) is 19.2 Å². The molecule has 156 valence electrons. The monoisotopic (exact) mass is 400 g/mol. The van der Waals surface area contributed by atoms with Crippen LogP contribution >= 0.6 is 0 Å². The van der Waals surface area contributed by atoms with Crippen LogP contribution in [0, 0.1) is 11.3 Å². The molecule has 1 aliphatic heterocycles. The van der Waals surface area contributed by atoms with E-state index in [1.54, 1.807) is 0 Å². The average Bonchev–Trinajstić information content (AvgIpc) is 2.65. The minimum Gasteiger partial charge on any atom is -0.497 e. The first kappa shape index (κ1) is 20.9. The molecule has 1 amide bonds. The van der Waals surface area contributed by atoms with Crippen LogP contribution in [0.3, 0.4) is 0 Å². The molecular weight excluding hydrogens is 373 g/mol. The third-order valence-electron chi connectivity index (χ3n) is 6.19. The second-order valence-corrected chi connectivity index (χ2v) is 8.15. The van der Waals surface area contributed by atoms with Gasteiger partial charge in [-0.25, -0.2) is 0 Å². The van der Waals surface area contributed by atoms with E-state index in [1.165, 1.54) is 26.3 Å². The molecule has 1 heterocycles. The second-order valence-electron chi connectivity index (χ2n) is 8.15. The van der Waals surface area contributed by atoms with Gasteiger partial charge in [-0.15, -0.1) is 0 Å². The van der Waals surface area contributed by atoms with Gasteiger partial charge in [0.15, 0.2) is 0 Å². The van der Waals surface area contributed by atoms with Gasteiger partial charge in [0.05, 0.1) is 7.11 Å². The number of carbonyl (C=O) groups is 1.